The Morgan fingerprint density at radius 1 is 1.04 bits per heavy atom. The lowest BCUT2D eigenvalue weighted by Crippen LogP contribution is -2.30. The molecule has 1 aliphatic heterocycles. The van der Waals surface area contributed by atoms with Gasteiger partial charge in [-0.15, -0.1) is 0 Å². The molecule has 3 rings (SSSR count). The largest absolute Gasteiger partial charge is 0.497 e. The second-order valence-corrected chi connectivity index (χ2v) is 5.98. The molecule has 1 aromatic carbocycles. The molecule has 0 atom stereocenters. The molecule has 0 bridgehead atoms. The van der Waals surface area contributed by atoms with Gasteiger partial charge in [0.2, 0.25) is 5.95 Å². The topological polar surface area (TPSA) is 53.5 Å². The molecule has 6 nitrogen and oxygen atoms in total. The SMILES string of the molecule is CNc1ncc(CN2CCCN(c3ccc(OC)cc3)CC2)cn1. The average molecular weight is 327 g/mol. The molecule has 1 saturated heterocycles. The van der Waals surface area contributed by atoms with Crippen LogP contribution >= 0.6 is 0 Å². The minimum absolute atomic E-state index is 0.667. The van der Waals surface area contributed by atoms with E-state index in [-0.39, 0.29) is 0 Å². The van der Waals surface area contributed by atoms with Crippen molar-refractivity contribution in [1.82, 2.24) is 14.9 Å². The van der Waals surface area contributed by atoms with E-state index in [0.29, 0.717) is 5.95 Å². The molecule has 0 saturated carbocycles. The van der Waals surface area contributed by atoms with E-state index in [2.05, 4.69) is 37.2 Å². The summed E-state index contributed by atoms with van der Waals surface area (Å²) >= 11 is 0. The predicted octanol–water partition coefficient (Wildman–Crippen LogP) is 2.24. The zero-order chi connectivity index (χ0) is 16.8. The molecule has 0 amide bonds. The highest BCUT2D eigenvalue weighted by molar-refractivity contribution is 5.49. The van der Waals surface area contributed by atoms with E-state index in [1.807, 2.05) is 31.6 Å². The number of hydrogen-bond donors (Lipinski definition) is 1. The summed E-state index contributed by atoms with van der Waals surface area (Å²) in [6.45, 7) is 5.15. The summed E-state index contributed by atoms with van der Waals surface area (Å²) in [5.74, 6) is 1.57. The minimum atomic E-state index is 0.667. The van der Waals surface area contributed by atoms with Crippen molar-refractivity contribution in [2.45, 2.75) is 13.0 Å². The number of aromatic nitrogens is 2. The molecule has 0 spiro atoms. The van der Waals surface area contributed by atoms with Crippen molar-refractivity contribution < 1.29 is 4.74 Å². The van der Waals surface area contributed by atoms with Crippen LogP contribution in [0.1, 0.15) is 12.0 Å². The van der Waals surface area contributed by atoms with Crippen LogP contribution in [-0.2, 0) is 6.54 Å². The highest BCUT2D eigenvalue weighted by atomic mass is 16.5. The summed E-state index contributed by atoms with van der Waals surface area (Å²) in [5, 5.41) is 2.95. The van der Waals surface area contributed by atoms with Gasteiger partial charge in [0, 0.05) is 63.4 Å². The molecule has 1 N–H and O–H groups in total. The van der Waals surface area contributed by atoms with Crippen LogP contribution in [0.25, 0.3) is 0 Å². The average Bonchev–Trinajstić information content (AvgIpc) is 2.88. The highest BCUT2D eigenvalue weighted by Crippen LogP contribution is 2.21. The van der Waals surface area contributed by atoms with Crippen molar-refractivity contribution in [2.24, 2.45) is 0 Å². The number of anilines is 2. The molecule has 1 fully saturated rings. The Kier molecular flexibility index (Phi) is 5.48. The first-order valence-electron chi connectivity index (χ1n) is 8.38. The van der Waals surface area contributed by atoms with Crippen molar-refractivity contribution in [2.75, 3.05) is 50.6 Å². The lowest BCUT2D eigenvalue weighted by molar-refractivity contribution is 0.285. The van der Waals surface area contributed by atoms with E-state index in [9.17, 15) is 0 Å². The Morgan fingerprint density at radius 2 is 1.79 bits per heavy atom. The van der Waals surface area contributed by atoms with Crippen LogP contribution in [0.2, 0.25) is 0 Å². The Balaban J connectivity index is 1.57. The molecule has 128 valence electrons. The van der Waals surface area contributed by atoms with Gasteiger partial charge in [-0.25, -0.2) is 9.97 Å². The third-order valence-corrected chi connectivity index (χ3v) is 4.36. The molecule has 0 radical (unpaired) electrons. The maximum atomic E-state index is 5.24. The van der Waals surface area contributed by atoms with Gasteiger partial charge in [0.15, 0.2) is 0 Å². The summed E-state index contributed by atoms with van der Waals surface area (Å²) in [6, 6.07) is 8.33. The van der Waals surface area contributed by atoms with Gasteiger partial charge in [0.1, 0.15) is 5.75 Å². The quantitative estimate of drug-likeness (QED) is 0.909. The van der Waals surface area contributed by atoms with Crippen molar-refractivity contribution >= 4 is 11.6 Å². The number of rotatable bonds is 5. The number of benzene rings is 1. The lowest BCUT2D eigenvalue weighted by atomic mass is 10.2. The van der Waals surface area contributed by atoms with Crippen LogP contribution in [0, 0.1) is 0 Å². The summed E-state index contributed by atoms with van der Waals surface area (Å²) in [4.78, 5) is 13.5. The second kappa shape index (κ2) is 7.97. The van der Waals surface area contributed by atoms with Gasteiger partial charge >= 0.3 is 0 Å². The number of methoxy groups -OCH3 is 1. The minimum Gasteiger partial charge on any atom is -0.497 e. The lowest BCUT2D eigenvalue weighted by Gasteiger charge is -2.23. The van der Waals surface area contributed by atoms with Crippen LogP contribution in [0.15, 0.2) is 36.7 Å². The fraction of sp³-hybridized carbons (Fsp3) is 0.444. The van der Waals surface area contributed by atoms with Gasteiger partial charge in [-0.05, 0) is 30.7 Å². The fourth-order valence-electron chi connectivity index (χ4n) is 3.00. The van der Waals surface area contributed by atoms with E-state index in [1.165, 1.54) is 5.69 Å². The van der Waals surface area contributed by atoms with Crippen molar-refractivity contribution in [3.05, 3.63) is 42.2 Å². The summed E-state index contributed by atoms with van der Waals surface area (Å²) in [6.07, 6.45) is 4.97. The standard InChI is InChI=1S/C18H25N5O/c1-19-18-20-12-15(13-21-18)14-22-8-3-9-23(11-10-22)16-4-6-17(24-2)7-5-16/h4-7,12-13H,3,8-11,14H2,1-2H3,(H,19,20,21). The van der Waals surface area contributed by atoms with Crippen LogP contribution in [0.4, 0.5) is 11.6 Å². The Bertz CT molecular complexity index is 629. The molecule has 6 heteroatoms. The first kappa shape index (κ1) is 16.5. The predicted molar refractivity (Wildman–Crippen MR) is 96.7 cm³/mol. The van der Waals surface area contributed by atoms with Crippen LogP contribution < -0.4 is 15.0 Å². The van der Waals surface area contributed by atoms with Crippen LogP contribution in [0.3, 0.4) is 0 Å². The van der Waals surface area contributed by atoms with E-state index in [0.717, 1.165) is 50.5 Å². The Morgan fingerprint density at radius 3 is 2.46 bits per heavy atom. The summed E-state index contributed by atoms with van der Waals surface area (Å²) in [5.41, 5.74) is 2.42. The van der Waals surface area contributed by atoms with Crippen LogP contribution in [0.5, 0.6) is 5.75 Å². The van der Waals surface area contributed by atoms with Crippen molar-refractivity contribution in [1.29, 1.82) is 0 Å². The smallest absolute Gasteiger partial charge is 0.222 e. The second-order valence-electron chi connectivity index (χ2n) is 5.98. The monoisotopic (exact) mass is 327 g/mol. The first-order valence-corrected chi connectivity index (χ1v) is 8.38. The van der Waals surface area contributed by atoms with Gasteiger partial charge in [-0.2, -0.15) is 0 Å². The highest BCUT2D eigenvalue weighted by Gasteiger charge is 2.15. The molecular formula is C18H25N5O. The molecule has 2 aromatic rings. The molecule has 24 heavy (non-hydrogen) atoms. The van der Waals surface area contributed by atoms with E-state index in [4.69, 9.17) is 4.74 Å². The fourth-order valence-corrected chi connectivity index (χ4v) is 3.00. The Labute approximate surface area is 143 Å². The molecular weight excluding hydrogens is 302 g/mol. The van der Waals surface area contributed by atoms with Crippen molar-refractivity contribution in [3.8, 4) is 5.75 Å². The third kappa shape index (κ3) is 4.14. The molecule has 0 aliphatic carbocycles. The van der Waals surface area contributed by atoms with Gasteiger partial charge in [0.05, 0.1) is 7.11 Å². The summed E-state index contributed by atoms with van der Waals surface area (Å²) < 4.78 is 5.24. The van der Waals surface area contributed by atoms with Gasteiger partial charge < -0.3 is 15.0 Å². The number of hydrogen-bond acceptors (Lipinski definition) is 6. The maximum absolute atomic E-state index is 5.24. The van der Waals surface area contributed by atoms with Gasteiger partial charge in [0.25, 0.3) is 0 Å². The molecule has 2 heterocycles. The Hall–Kier alpha value is -2.34. The van der Waals surface area contributed by atoms with E-state index >= 15 is 0 Å². The van der Waals surface area contributed by atoms with Crippen molar-refractivity contribution in [3.63, 3.8) is 0 Å². The summed E-state index contributed by atoms with van der Waals surface area (Å²) in [7, 11) is 3.53. The zero-order valence-corrected chi connectivity index (χ0v) is 14.4. The van der Waals surface area contributed by atoms with E-state index < -0.39 is 0 Å². The van der Waals surface area contributed by atoms with Gasteiger partial charge in [-0.3, -0.25) is 4.90 Å². The molecule has 0 unspecified atom stereocenters. The van der Waals surface area contributed by atoms with Crippen LogP contribution in [-0.4, -0.2) is 55.2 Å². The first-order chi connectivity index (χ1) is 11.8. The molecule has 1 aliphatic rings. The van der Waals surface area contributed by atoms with Gasteiger partial charge in [-0.1, -0.05) is 0 Å². The number of nitrogens with zero attached hydrogens (tertiary/aromatic N) is 4. The number of ether oxygens (including phenoxy) is 1. The third-order valence-electron chi connectivity index (χ3n) is 4.36. The maximum Gasteiger partial charge on any atom is 0.222 e. The zero-order valence-electron chi connectivity index (χ0n) is 14.4. The number of nitrogens with one attached hydrogen (secondary N) is 1. The normalized spacial score (nSPS) is 15.8. The molecule has 1 aromatic heterocycles. The van der Waals surface area contributed by atoms with E-state index in [1.54, 1.807) is 7.11 Å².